The zero-order chi connectivity index (χ0) is 8.55. The fourth-order valence-corrected chi connectivity index (χ4v) is 2.44. The van der Waals surface area contributed by atoms with E-state index in [1.165, 1.54) is 11.8 Å². The Morgan fingerprint density at radius 2 is 2.50 bits per heavy atom. The monoisotopic (exact) mass is 189 g/mol. The molecular formula is C7H11NO3S. The van der Waals surface area contributed by atoms with Crippen LogP contribution in [0.2, 0.25) is 0 Å². The third kappa shape index (κ3) is 1.50. The van der Waals surface area contributed by atoms with Gasteiger partial charge in [0.15, 0.2) is 0 Å². The normalized spacial score (nSPS) is 40.8. The highest BCUT2D eigenvalue weighted by Gasteiger charge is 2.36. The van der Waals surface area contributed by atoms with Crippen LogP contribution in [0, 0.1) is 0 Å². The average molecular weight is 189 g/mol. The minimum atomic E-state index is -0.395. The lowest BCUT2D eigenvalue weighted by Crippen LogP contribution is -2.36. The maximum Gasteiger partial charge on any atom is 0.131 e. The fourth-order valence-electron chi connectivity index (χ4n) is 1.43. The van der Waals surface area contributed by atoms with Gasteiger partial charge in [-0.2, -0.15) is 0 Å². The zero-order valence-corrected chi connectivity index (χ0v) is 7.33. The molecule has 0 aromatic heterocycles. The first kappa shape index (κ1) is 8.50. The van der Waals surface area contributed by atoms with Crippen molar-refractivity contribution in [2.24, 2.45) is 4.99 Å². The van der Waals surface area contributed by atoms with Crippen LogP contribution < -0.4 is 0 Å². The van der Waals surface area contributed by atoms with Crippen molar-refractivity contribution in [3.05, 3.63) is 0 Å². The summed E-state index contributed by atoms with van der Waals surface area (Å²) in [5, 5.41) is 18.8. The van der Waals surface area contributed by atoms with Crippen LogP contribution >= 0.6 is 11.8 Å². The molecule has 0 aromatic carbocycles. The first-order chi connectivity index (χ1) is 5.79. The van der Waals surface area contributed by atoms with Crippen LogP contribution in [-0.2, 0) is 4.74 Å². The molecule has 3 atom stereocenters. The molecule has 1 saturated heterocycles. The quantitative estimate of drug-likeness (QED) is 0.589. The van der Waals surface area contributed by atoms with Gasteiger partial charge in [0.05, 0.1) is 30.4 Å². The van der Waals surface area contributed by atoms with Crippen molar-refractivity contribution in [1.29, 1.82) is 0 Å². The van der Waals surface area contributed by atoms with Crippen molar-refractivity contribution < 1.29 is 14.9 Å². The number of aliphatic hydroxyl groups excluding tert-OH is 2. The Morgan fingerprint density at radius 3 is 3.25 bits per heavy atom. The largest absolute Gasteiger partial charge is 0.391 e. The van der Waals surface area contributed by atoms with E-state index >= 15 is 0 Å². The maximum absolute atomic E-state index is 9.25. The topological polar surface area (TPSA) is 62.1 Å². The number of rotatable bonds is 1. The molecule has 1 fully saturated rings. The summed E-state index contributed by atoms with van der Waals surface area (Å²) in [6.45, 7) is 0.375. The Kier molecular flexibility index (Phi) is 2.36. The number of fused-ring (bicyclic) bond motifs is 1. The number of nitrogens with zero attached hydrogens (tertiary/aromatic N) is 1. The number of ether oxygens (including phenoxy) is 1. The SMILES string of the molecule is OCC1=NC2CC(O)COC2S1. The van der Waals surface area contributed by atoms with Crippen molar-refractivity contribution >= 4 is 16.8 Å². The lowest BCUT2D eigenvalue weighted by Gasteiger charge is -2.26. The highest BCUT2D eigenvalue weighted by Crippen LogP contribution is 2.33. The summed E-state index contributed by atoms with van der Waals surface area (Å²) in [5.41, 5.74) is 0.0237. The van der Waals surface area contributed by atoms with E-state index < -0.39 is 6.10 Å². The lowest BCUT2D eigenvalue weighted by molar-refractivity contribution is -0.0280. The second kappa shape index (κ2) is 3.33. The molecule has 12 heavy (non-hydrogen) atoms. The molecule has 0 amide bonds. The van der Waals surface area contributed by atoms with E-state index in [4.69, 9.17) is 9.84 Å². The van der Waals surface area contributed by atoms with E-state index in [9.17, 15) is 5.11 Å². The highest BCUT2D eigenvalue weighted by molar-refractivity contribution is 8.14. The molecule has 0 aliphatic carbocycles. The van der Waals surface area contributed by atoms with Crippen molar-refractivity contribution in [2.75, 3.05) is 13.2 Å². The summed E-state index contributed by atoms with van der Waals surface area (Å²) in [6, 6.07) is 0.0425. The summed E-state index contributed by atoms with van der Waals surface area (Å²) in [6.07, 6.45) is 0.259. The van der Waals surface area contributed by atoms with E-state index in [0.717, 1.165) is 5.04 Å². The smallest absolute Gasteiger partial charge is 0.131 e. The van der Waals surface area contributed by atoms with Crippen molar-refractivity contribution in [2.45, 2.75) is 24.0 Å². The standard InChI is InChI=1S/C7H11NO3S/c9-2-6-8-5-1-4(10)3-11-7(5)12-6/h4-5,7,9-10H,1-3H2. The van der Waals surface area contributed by atoms with Gasteiger partial charge >= 0.3 is 0 Å². The van der Waals surface area contributed by atoms with E-state index in [2.05, 4.69) is 4.99 Å². The fraction of sp³-hybridized carbons (Fsp3) is 0.857. The second-order valence-corrected chi connectivity index (χ2v) is 4.13. The number of hydrogen-bond donors (Lipinski definition) is 2. The maximum atomic E-state index is 9.25. The van der Waals surface area contributed by atoms with Crippen LogP contribution in [0.25, 0.3) is 0 Å². The molecule has 2 aliphatic rings. The van der Waals surface area contributed by atoms with E-state index in [1.807, 2.05) is 0 Å². The van der Waals surface area contributed by atoms with Crippen LogP contribution in [0.4, 0.5) is 0 Å². The molecule has 2 rings (SSSR count). The minimum absolute atomic E-state index is 0.0167. The lowest BCUT2D eigenvalue weighted by atomic mass is 10.1. The third-order valence-electron chi connectivity index (χ3n) is 1.98. The number of thioether (sulfide) groups is 1. The van der Waals surface area contributed by atoms with Crippen LogP contribution in [0.5, 0.6) is 0 Å². The number of aliphatic hydroxyl groups is 2. The summed E-state index contributed by atoms with van der Waals surface area (Å²) < 4.78 is 5.33. The van der Waals surface area contributed by atoms with Crippen molar-refractivity contribution in [3.8, 4) is 0 Å². The number of hydrogen-bond acceptors (Lipinski definition) is 5. The molecular weight excluding hydrogens is 178 g/mol. The van der Waals surface area contributed by atoms with Crippen LogP contribution in [0.3, 0.4) is 0 Å². The Bertz CT molecular complexity index is 209. The Balaban J connectivity index is 2.02. The van der Waals surface area contributed by atoms with Crippen molar-refractivity contribution in [1.82, 2.24) is 0 Å². The van der Waals surface area contributed by atoms with Gasteiger partial charge < -0.3 is 14.9 Å². The van der Waals surface area contributed by atoms with Gasteiger partial charge in [-0.1, -0.05) is 11.8 Å². The molecule has 2 heterocycles. The molecule has 0 aromatic rings. The van der Waals surface area contributed by atoms with E-state index in [0.29, 0.717) is 13.0 Å². The molecule has 68 valence electrons. The summed E-state index contributed by atoms with van der Waals surface area (Å²) in [7, 11) is 0. The van der Waals surface area contributed by atoms with Crippen molar-refractivity contribution in [3.63, 3.8) is 0 Å². The molecule has 0 bridgehead atoms. The minimum Gasteiger partial charge on any atom is -0.391 e. The average Bonchev–Trinajstić information content (AvgIpc) is 2.46. The van der Waals surface area contributed by atoms with Gasteiger partial charge in [0.25, 0.3) is 0 Å². The highest BCUT2D eigenvalue weighted by atomic mass is 32.2. The molecule has 5 heteroatoms. The zero-order valence-electron chi connectivity index (χ0n) is 6.51. The molecule has 4 nitrogen and oxygen atoms in total. The Morgan fingerprint density at radius 1 is 1.67 bits per heavy atom. The van der Waals surface area contributed by atoms with Gasteiger partial charge in [-0.3, -0.25) is 4.99 Å². The molecule has 0 spiro atoms. The van der Waals surface area contributed by atoms with E-state index in [1.54, 1.807) is 0 Å². The molecule has 2 N–H and O–H groups in total. The van der Waals surface area contributed by atoms with Gasteiger partial charge in [0.2, 0.25) is 0 Å². The third-order valence-corrected chi connectivity index (χ3v) is 3.17. The van der Waals surface area contributed by atoms with Gasteiger partial charge in [-0.15, -0.1) is 0 Å². The molecule has 0 saturated carbocycles. The van der Waals surface area contributed by atoms with Gasteiger partial charge in [-0.25, -0.2) is 0 Å². The number of aliphatic imine (C=N–C) groups is 1. The molecule has 0 radical (unpaired) electrons. The molecule has 2 aliphatic heterocycles. The van der Waals surface area contributed by atoms with Gasteiger partial charge in [0.1, 0.15) is 5.44 Å². The van der Waals surface area contributed by atoms with Gasteiger partial charge in [0, 0.05) is 6.42 Å². The Labute approximate surface area is 74.6 Å². The molecule has 3 unspecified atom stereocenters. The second-order valence-electron chi connectivity index (χ2n) is 2.96. The predicted molar refractivity (Wildman–Crippen MR) is 46.3 cm³/mol. The first-order valence-electron chi connectivity index (χ1n) is 3.93. The summed E-state index contributed by atoms with van der Waals surface area (Å²) in [5.74, 6) is 0. The van der Waals surface area contributed by atoms with Crippen LogP contribution in [-0.4, -0.2) is 46.1 Å². The first-order valence-corrected chi connectivity index (χ1v) is 4.81. The Hall–Kier alpha value is -0.100. The summed E-state index contributed by atoms with van der Waals surface area (Å²) in [4.78, 5) is 4.22. The van der Waals surface area contributed by atoms with E-state index in [-0.39, 0.29) is 18.1 Å². The van der Waals surface area contributed by atoms with Crippen LogP contribution in [0.1, 0.15) is 6.42 Å². The van der Waals surface area contributed by atoms with Gasteiger partial charge in [-0.05, 0) is 0 Å². The van der Waals surface area contributed by atoms with Crippen LogP contribution in [0.15, 0.2) is 4.99 Å². The predicted octanol–water partition coefficient (Wildman–Crippen LogP) is -0.400. The summed E-state index contributed by atoms with van der Waals surface area (Å²) >= 11 is 1.46.